The number of carbonyl (C=O) groups excluding carboxylic acids is 2. The predicted molar refractivity (Wildman–Crippen MR) is 115 cm³/mol. The Morgan fingerprint density at radius 3 is 2.38 bits per heavy atom. The Labute approximate surface area is 172 Å². The van der Waals surface area contributed by atoms with Crippen molar-refractivity contribution in [3.05, 3.63) is 101 Å². The van der Waals surface area contributed by atoms with Gasteiger partial charge in [0, 0.05) is 16.3 Å². The van der Waals surface area contributed by atoms with Crippen molar-refractivity contribution >= 4 is 46.1 Å². The van der Waals surface area contributed by atoms with Crippen molar-refractivity contribution < 1.29 is 9.59 Å². The SMILES string of the molecule is O=C(Nc1ccc(Cl)cc1)c1ccc(C=CC(=O)c2nc3ccccc3[nH]2)cc1. The number of nitrogens with one attached hydrogen (secondary N) is 2. The Morgan fingerprint density at radius 1 is 0.931 bits per heavy atom. The summed E-state index contributed by atoms with van der Waals surface area (Å²) in [5, 5.41) is 3.41. The summed E-state index contributed by atoms with van der Waals surface area (Å²) in [4.78, 5) is 32.0. The summed E-state index contributed by atoms with van der Waals surface area (Å²) >= 11 is 5.85. The summed E-state index contributed by atoms with van der Waals surface area (Å²) in [6, 6.07) is 21.3. The van der Waals surface area contributed by atoms with Crippen LogP contribution in [0.3, 0.4) is 0 Å². The molecule has 0 aliphatic carbocycles. The van der Waals surface area contributed by atoms with Crippen LogP contribution in [0, 0.1) is 0 Å². The summed E-state index contributed by atoms with van der Waals surface area (Å²) < 4.78 is 0. The van der Waals surface area contributed by atoms with Crippen LogP contribution in [0.2, 0.25) is 5.02 Å². The molecule has 6 heteroatoms. The smallest absolute Gasteiger partial charge is 0.255 e. The molecule has 5 nitrogen and oxygen atoms in total. The maximum Gasteiger partial charge on any atom is 0.255 e. The molecule has 0 fully saturated rings. The van der Waals surface area contributed by atoms with Crippen LogP contribution in [0.4, 0.5) is 5.69 Å². The Kier molecular flexibility index (Phi) is 5.22. The van der Waals surface area contributed by atoms with Crippen molar-refractivity contribution in [2.24, 2.45) is 0 Å². The molecule has 0 radical (unpaired) electrons. The predicted octanol–water partition coefficient (Wildman–Crippen LogP) is 5.36. The molecule has 142 valence electrons. The highest BCUT2D eigenvalue weighted by Crippen LogP contribution is 2.15. The molecule has 0 atom stereocenters. The molecule has 1 aromatic heterocycles. The molecule has 1 heterocycles. The molecular formula is C23H16ClN3O2. The number of fused-ring (bicyclic) bond motifs is 1. The molecule has 0 saturated carbocycles. The molecule has 29 heavy (non-hydrogen) atoms. The van der Waals surface area contributed by atoms with Gasteiger partial charge in [0.2, 0.25) is 5.78 Å². The quantitative estimate of drug-likeness (QED) is 0.349. The van der Waals surface area contributed by atoms with E-state index in [1.54, 1.807) is 54.6 Å². The third-order valence-corrected chi connectivity index (χ3v) is 4.58. The highest BCUT2D eigenvalue weighted by molar-refractivity contribution is 6.30. The van der Waals surface area contributed by atoms with Gasteiger partial charge in [-0.15, -0.1) is 0 Å². The highest BCUT2D eigenvalue weighted by atomic mass is 35.5. The molecular weight excluding hydrogens is 386 g/mol. The van der Waals surface area contributed by atoms with E-state index in [2.05, 4.69) is 15.3 Å². The topological polar surface area (TPSA) is 74.8 Å². The lowest BCUT2D eigenvalue weighted by atomic mass is 10.1. The first-order chi connectivity index (χ1) is 14.1. The minimum absolute atomic E-state index is 0.217. The summed E-state index contributed by atoms with van der Waals surface area (Å²) in [7, 11) is 0. The van der Waals surface area contributed by atoms with Crippen LogP contribution < -0.4 is 5.32 Å². The number of H-pyrrole nitrogens is 1. The van der Waals surface area contributed by atoms with Gasteiger partial charge in [0.05, 0.1) is 11.0 Å². The van der Waals surface area contributed by atoms with Crippen LogP contribution in [-0.2, 0) is 0 Å². The van der Waals surface area contributed by atoms with Crippen molar-refractivity contribution in [1.29, 1.82) is 0 Å². The van der Waals surface area contributed by atoms with Gasteiger partial charge in [-0.1, -0.05) is 41.9 Å². The molecule has 4 aromatic rings. The van der Waals surface area contributed by atoms with Crippen molar-refractivity contribution in [2.45, 2.75) is 0 Å². The summed E-state index contributed by atoms with van der Waals surface area (Å²) in [5.74, 6) is -0.145. The number of rotatable bonds is 5. The molecule has 3 aromatic carbocycles. The fourth-order valence-electron chi connectivity index (χ4n) is 2.80. The maximum atomic E-state index is 12.3. The summed E-state index contributed by atoms with van der Waals surface area (Å²) in [5.41, 5.74) is 3.55. The number of carbonyl (C=O) groups is 2. The molecule has 1 amide bonds. The number of halogens is 1. The van der Waals surface area contributed by atoms with Crippen molar-refractivity contribution in [1.82, 2.24) is 9.97 Å². The number of nitrogens with zero attached hydrogens (tertiary/aromatic N) is 1. The van der Waals surface area contributed by atoms with Gasteiger partial charge in [-0.3, -0.25) is 9.59 Å². The summed E-state index contributed by atoms with van der Waals surface area (Å²) in [6.45, 7) is 0. The van der Waals surface area contributed by atoms with Gasteiger partial charge in [-0.25, -0.2) is 4.98 Å². The number of benzene rings is 3. The average Bonchev–Trinajstić information content (AvgIpc) is 3.18. The molecule has 0 unspecified atom stereocenters. The third kappa shape index (κ3) is 4.42. The van der Waals surface area contributed by atoms with E-state index in [0.717, 1.165) is 16.6 Å². The van der Waals surface area contributed by atoms with Crippen LogP contribution >= 0.6 is 11.6 Å². The lowest BCUT2D eigenvalue weighted by molar-refractivity contribution is 0.102. The zero-order chi connectivity index (χ0) is 20.2. The van der Waals surface area contributed by atoms with E-state index >= 15 is 0 Å². The van der Waals surface area contributed by atoms with Crippen LogP contribution in [0.1, 0.15) is 26.5 Å². The van der Waals surface area contributed by atoms with Gasteiger partial charge in [0.1, 0.15) is 0 Å². The van der Waals surface area contributed by atoms with Gasteiger partial charge in [-0.2, -0.15) is 0 Å². The van der Waals surface area contributed by atoms with E-state index in [-0.39, 0.29) is 11.7 Å². The van der Waals surface area contributed by atoms with E-state index in [1.165, 1.54) is 6.08 Å². The number of imidazole rings is 1. The molecule has 0 saturated heterocycles. The molecule has 4 rings (SSSR count). The van der Waals surface area contributed by atoms with Gasteiger partial charge in [0.15, 0.2) is 5.82 Å². The van der Waals surface area contributed by atoms with Gasteiger partial charge in [-0.05, 0) is 60.2 Å². The fraction of sp³-hybridized carbons (Fsp3) is 0. The van der Waals surface area contributed by atoms with Crippen LogP contribution in [0.25, 0.3) is 17.1 Å². The Balaban J connectivity index is 1.42. The largest absolute Gasteiger partial charge is 0.335 e. The zero-order valence-electron chi connectivity index (χ0n) is 15.2. The van der Waals surface area contributed by atoms with Crippen molar-refractivity contribution in [3.8, 4) is 0 Å². The number of aromatic amines is 1. The number of allylic oxidation sites excluding steroid dienone is 1. The van der Waals surface area contributed by atoms with Crippen molar-refractivity contribution in [3.63, 3.8) is 0 Å². The number of hydrogen-bond acceptors (Lipinski definition) is 3. The second kappa shape index (κ2) is 8.12. The monoisotopic (exact) mass is 401 g/mol. The van der Waals surface area contributed by atoms with E-state index in [0.29, 0.717) is 22.1 Å². The fourth-order valence-corrected chi connectivity index (χ4v) is 2.93. The second-order valence-corrected chi connectivity index (χ2v) is 6.82. The van der Waals surface area contributed by atoms with E-state index in [9.17, 15) is 9.59 Å². The molecule has 0 aliphatic heterocycles. The number of para-hydroxylation sites is 2. The highest BCUT2D eigenvalue weighted by Gasteiger charge is 2.09. The molecule has 0 bridgehead atoms. The van der Waals surface area contributed by atoms with Crippen LogP contribution in [-0.4, -0.2) is 21.7 Å². The molecule has 2 N–H and O–H groups in total. The van der Waals surface area contributed by atoms with Gasteiger partial charge in [0.25, 0.3) is 5.91 Å². The first-order valence-electron chi connectivity index (χ1n) is 8.93. The second-order valence-electron chi connectivity index (χ2n) is 6.38. The number of ketones is 1. The average molecular weight is 402 g/mol. The Morgan fingerprint density at radius 2 is 1.66 bits per heavy atom. The third-order valence-electron chi connectivity index (χ3n) is 4.32. The van der Waals surface area contributed by atoms with Crippen LogP contribution in [0.5, 0.6) is 0 Å². The normalized spacial score (nSPS) is 11.1. The van der Waals surface area contributed by atoms with E-state index in [1.807, 2.05) is 24.3 Å². The first kappa shape index (κ1) is 18.7. The minimum Gasteiger partial charge on any atom is -0.335 e. The molecule has 0 aliphatic rings. The first-order valence-corrected chi connectivity index (χ1v) is 9.30. The number of aromatic nitrogens is 2. The zero-order valence-corrected chi connectivity index (χ0v) is 16.0. The van der Waals surface area contributed by atoms with E-state index in [4.69, 9.17) is 11.6 Å². The van der Waals surface area contributed by atoms with Crippen molar-refractivity contribution in [2.75, 3.05) is 5.32 Å². The lowest BCUT2D eigenvalue weighted by Gasteiger charge is -2.05. The number of amides is 1. The maximum absolute atomic E-state index is 12.3. The molecule has 0 spiro atoms. The minimum atomic E-state index is -0.221. The number of hydrogen-bond donors (Lipinski definition) is 2. The van der Waals surface area contributed by atoms with Gasteiger partial charge < -0.3 is 10.3 Å². The van der Waals surface area contributed by atoms with Gasteiger partial charge >= 0.3 is 0 Å². The lowest BCUT2D eigenvalue weighted by Crippen LogP contribution is -2.11. The Hall–Kier alpha value is -3.70. The Bertz CT molecular complexity index is 1180. The number of anilines is 1. The standard InChI is InChI=1S/C23H16ClN3O2/c24-17-10-12-18(13-11-17)25-23(29)16-8-5-15(6-9-16)7-14-21(28)22-26-19-3-1-2-4-20(19)27-22/h1-14H,(H,25,29)(H,26,27). The van der Waals surface area contributed by atoms with E-state index < -0.39 is 0 Å². The summed E-state index contributed by atoms with van der Waals surface area (Å²) in [6.07, 6.45) is 3.15. The van der Waals surface area contributed by atoms with Crippen LogP contribution in [0.15, 0.2) is 78.9 Å².